The molecule has 1 aromatic rings. The number of benzene rings is 1. The molecule has 0 bridgehead atoms. The van der Waals surface area contributed by atoms with E-state index in [1.165, 1.54) is 12.1 Å². The van der Waals surface area contributed by atoms with Gasteiger partial charge in [-0.05, 0) is 25.5 Å². The van der Waals surface area contributed by atoms with Gasteiger partial charge in [0.1, 0.15) is 0 Å². The van der Waals surface area contributed by atoms with Gasteiger partial charge in [-0.2, -0.15) is 8.42 Å². The second-order valence-corrected chi connectivity index (χ2v) is 6.79. The van der Waals surface area contributed by atoms with Gasteiger partial charge < -0.3 is 20.7 Å². The minimum absolute atomic E-state index is 0.0218. The molecule has 0 amide bonds. The van der Waals surface area contributed by atoms with Gasteiger partial charge in [-0.25, -0.2) is 0 Å². The second-order valence-electron chi connectivity index (χ2n) is 5.17. The summed E-state index contributed by atoms with van der Waals surface area (Å²) < 4.78 is 33.9. The minimum Gasteiger partial charge on any atom is -0.394 e. The molecule has 1 rings (SSSR count). The average Bonchev–Trinajstić information content (AvgIpc) is 2.51. The van der Waals surface area contributed by atoms with Crippen LogP contribution in [0.2, 0.25) is 0 Å². The van der Waals surface area contributed by atoms with Crippen molar-refractivity contribution >= 4 is 10.1 Å². The fourth-order valence-electron chi connectivity index (χ4n) is 1.52. The number of nitrogens with two attached hydrogens (primary N) is 1. The summed E-state index contributed by atoms with van der Waals surface area (Å²) in [7, 11) is -3.76. The predicted molar refractivity (Wildman–Crippen MR) is 80.8 cm³/mol. The van der Waals surface area contributed by atoms with Gasteiger partial charge in [-0.15, -0.1) is 0 Å². The Labute approximate surface area is 130 Å². The highest BCUT2D eigenvalue weighted by atomic mass is 32.2. The molecule has 0 aliphatic carbocycles. The summed E-state index contributed by atoms with van der Waals surface area (Å²) >= 11 is 0. The van der Waals surface area contributed by atoms with Crippen LogP contribution in [-0.4, -0.2) is 57.2 Å². The van der Waals surface area contributed by atoms with Gasteiger partial charge in [-0.3, -0.25) is 4.18 Å². The van der Waals surface area contributed by atoms with E-state index in [2.05, 4.69) is 0 Å². The van der Waals surface area contributed by atoms with Crippen LogP contribution >= 0.6 is 0 Å². The van der Waals surface area contributed by atoms with Gasteiger partial charge in [0.2, 0.25) is 0 Å². The van der Waals surface area contributed by atoms with Crippen molar-refractivity contribution in [1.82, 2.24) is 0 Å². The molecular weight excluding hydrogens is 310 g/mol. The first-order valence-corrected chi connectivity index (χ1v) is 8.28. The topological polar surface area (TPSA) is 119 Å². The quantitative estimate of drug-likeness (QED) is 0.400. The van der Waals surface area contributed by atoms with Crippen LogP contribution in [0.15, 0.2) is 29.2 Å². The van der Waals surface area contributed by atoms with Gasteiger partial charge in [0.25, 0.3) is 10.1 Å². The number of aryl methyl sites for hydroxylation is 1. The van der Waals surface area contributed by atoms with E-state index in [-0.39, 0.29) is 24.7 Å². The van der Waals surface area contributed by atoms with E-state index < -0.39 is 28.9 Å². The fraction of sp³-hybridized carbons (Fsp3) is 0.571. The van der Waals surface area contributed by atoms with Crippen molar-refractivity contribution in [2.75, 3.05) is 33.0 Å². The van der Waals surface area contributed by atoms with Gasteiger partial charge >= 0.3 is 0 Å². The molecule has 0 radical (unpaired) electrons. The number of rotatable bonds is 10. The molecule has 0 spiro atoms. The normalized spacial score (nSPS) is 12.5. The number of aliphatic hydroxyl groups is 2. The Balaban J connectivity index is 2.31. The number of hydrogen-bond acceptors (Lipinski definition) is 7. The Bertz CT molecular complexity index is 539. The maximum absolute atomic E-state index is 11.9. The van der Waals surface area contributed by atoms with Crippen LogP contribution in [0.3, 0.4) is 0 Å². The molecule has 1 aromatic carbocycles. The summed E-state index contributed by atoms with van der Waals surface area (Å²) in [4.78, 5) is 0.112. The van der Waals surface area contributed by atoms with Crippen molar-refractivity contribution in [3.05, 3.63) is 29.8 Å². The summed E-state index contributed by atoms with van der Waals surface area (Å²) in [6.07, 6.45) is 0.345. The van der Waals surface area contributed by atoms with E-state index in [1.807, 2.05) is 6.92 Å². The highest BCUT2D eigenvalue weighted by Gasteiger charge is 2.23. The Morgan fingerprint density at radius 2 is 1.73 bits per heavy atom. The molecule has 7 nitrogen and oxygen atoms in total. The molecule has 22 heavy (non-hydrogen) atoms. The average molecular weight is 333 g/mol. The molecule has 0 fully saturated rings. The van der Waals surface area contributed by atoms with Gasteiger partial charge in [0.15, 0.2) is 0 Å². The van der Waals surface area contributed by atoms with Gasteiger partial charge in [0.05, 0.1) is 36.9 Å². The van der Waals surface area contributed by atoms with Crippen molar-refractivity contribution in [2.24, 2.45) is 5.73 Å². The van der Waals surface area contributed by atoms with Crippen LogP contribution in [0, 0.1) is 6.92 Å². The molecule has 0 aliphatic heterocycles. The van der Waals surface area contributed by atoms with Crippen molar-refractivity contribution in [3.63, 3.8) is 0 Å². The van der Waals surface area contributed by atoms with Crippen LogP contribution in [0.5, 0.6) is 0 Å². The smallest absolute Gasteiger partial charge is 0.296 e. The zero-order valence-electron chi connectivity index (χ0n) is 12.6. The summed E-state index contributed by atoms with van der Waals surface area (Å²) in [6, 6.07) is 6.38. The zero-order valence-corrected chi connectivity index (χ0v) is 13.4. The van der Waals surface area contributed by atoms with Crippen molar-refractivity contribution in [2.45, 2.75) is 23.8 Å². The van der Waals surface area contributed by atoms with Crippen LogP contribution in [-0.2, 0) is 19.0 Å². The molecule has 0 heterocycles. The largest absolute Gasteiger partial charge is 0.394 e. The molecule has 0 saturated heterocycles. The summed E-state index contributed by atoms with van der Waals surface area (Å²) in [5.74, 6) is 0. The highest BCUT2D eigenvalue weighted by Crippen LogP contribution is 2.13. The highest BCUT2D eigenvalue weighted by molar-refractivity contribution is 7.86. The van der Waals surface area contributed by atoms with Crippen LogP contribution in [0.25, 0.3) is 0 Å². The Kier molecular flexibility index (Phi) is 7.40. The second kappa shape index (κ2) is 8.56. The third kappa shape index (κ3) is 5.99. The van der Waals surface area contributed by atoms with Gasteiger partial charge in [0, 0.05) is 6.61 Å². The number of aliphatic hydroxyl groups excluding tert-OH is 2. The summed E-state index contributed by atoms with van der Waals surface area (Å²) in [5.41, 5.74) is 5.39. The van der Waals surface area contributed by atoms with E-state index in [1.54, 1.807) is 12.1 Å². The Morgan fingerprint density at radius 1 is 1.14 bits per heavy atom. The Hall–Kier alpha value is -1.03. The van der Waals surface area contributed by atoms with E-state index in [0.29, 0.717) is 6.42 Å². The Morgan fingerprint density at radius 3 is 2.27 bits per heavy atom. The van der Waals surface area contributed by atoms with Crippen molar-refractivity contribution in [1.29, 1.82) is 0 Å². The molecule has 0 saturated carbocycles. The maximum atomic E-state index is 11.9. The third-order valence-corrected chi connectivity index (χ3v) is 4.33. The lowest BCUT2D eigenvalue weighted by atomic mass is 10.1. The van der Waals surface area contributed by atoms with Crippen LogP contribution in [0.4, 0.5) is 0 Å². The van der Waals surface area contributed by atoms with E-state index >= 15 is 0 Å². The number of ether oxygens (including phenoxy) is 1. The van der Waals surface area contributed by atoms with E-state index in [4.69, 9.17) is 24.9 Å². The summed E-state index contributed by atoms with van der Waals surface area (Å²) in [6.45, 7) is 1.23. The third-order valence-electron chi connectivity index (χ3n) is 3.00. The molecule has 0 aromatic heterocycles. The molecule has 0 aliphatic rings. The minimum atomic E-state index is -3.76. The molecule has 4 N–H and O–H groups in total. The van der Waals surface area contributed by atoms with Crippen molar-refractivity contribution < 1.29 is 27.6 Å². The maximum Gasteiger partial charge on any atom is 0.296 e. The molecule has 0 unspecified atom stereocenters. The van der Waals surface area contributed by atoms with Gasteiger partial charge in [-0.1, -0.05) is 17.7 Å². The van der Waals surface area contributed by atoms with E-state index in [9.17, 15) is 8.42 Å². The predicted octanol–water partition coefficient (Wildman–Crippen LogP) is -0.211. The lowest BCUT2D eigenvalue weighted by Gasteiger charge is -2.24. The van der Waals surface area contributed by atoms with Crippen LogP contribution in [0.1, 0.15) is 12.0 Å². The molecule has 0 atom stereocenters. The monoisotopic (exact) mass is 333 g/mol. The first-order chi connectivity index (χ1) is 10.3. The zero-order chi connectivity index (χ0) is 16.6. The van der Waals surface area contributed by atoms with Crippen LogP contribution < -0.4 is 5.73 Å². The SMILES string of the molecule is Cc1ccc(S(=O)(=O)OCCCOCC(N)(CO)CO)cc1. The molecule has 8 heteroatoms. The number of hydrogen-bond donors (Lipinski definition) is 3. The molecule has 126 valence electrons. The first kappa shape index (κ1) is 19.0. The lowest BCUT2D eigenvalue weighted by Crippen LogP contribution is -2.51. The van der Waals surface area contributed by atoms with E-state index in [0.717, 1.165) is 5.56 Å². The first-order valence-electron chi connectivity index (χ1n) is 6.87. The standard InChI is InChI=1S/C14H23NO6S/c1-12-3-5-13(6-4-12)22(18,19)21-8-2-7-20-11-14(15,9-16)10-17/h3-6,16-17H,2,7-11,15H2,1H3. The fourth-order valence-corrected chi connectivity index (χ4v) is 2.46. The lowest BCUT2D eigenvalue weighted by molar-refractivity contribution is 0.0219. The summed E-state index contributed by atoms with van der Waals surface area (Å²) in [5, 5.41) is 17.9. The van der Waals surface area contributed by atoms with Crippen molar-refractivity contribution in [3.8, 4) is 0 Å². The molecular formula is C14H23NO6S.